The van der Waals surface area contributed by atoms with E-state index in [1.807, 2.05) is 6.07 Å². The molecule has 0 aromatic heterocycles. The van der Waals surface area contributed by atoms with Crippen LogP contribution in [0.2, 0.25) is 0 Å². The average molecular weight is 243 g/mol. The highest BCUT2D eigenvalue weighted by Gasteiger charge is 2.13. The number of halogens is 2. The van der Waals surface area contributed by atoms with E-state index in [2.05, 4.69) is 19.2 Å². The van der Waals surface area contributed by atoms with Crippen LogP contribution < -0.4 is 10.1 Å². The van der Waals surface area contributed by atoms with Crippen molar-refractivity contribution >= 4 is 5.69 Å². The van der Waals surface area contributed by atoms with Crippen molar-refractivity contribution in [3.8, 4) is 5.75 Å². The molecule has 0 bridgehead atoms. The number of anilines is 1. The van der Waals surface area contributed by atoms with Crippen molar-refractivity contribution in [1.82, 2.24) is 0 Å². The van der Waals surface area contributed by atoms with E-state index < -0.39 is 12.5 Å². The van der Waals surface area contributed by atoms with Gasteiger partial charge >= 0.3 is 0 Å². The Hall–Kier alpha value is -1.32. The van der Waals surface area contributed by atoms with Gasteiger partial charge in [-0.2, -0.15) is 0 Å². The quantitative estimate of drug-likeness (QED) is 0.820. The first-order valence-corrected chi connectivity index (χ1v) is 5.76. The molecule has 0 amide bonds. The van der Waals surface area contributed by atoms with E-state index in [-0.39, 0.29) is 0 Å². The molecule has 0 spiro atoms. The third-order valence-corrected chi connectivity index (χ3v) is 2.19. The minimum absolute atomic E-state index is 0.437. The Labute approximate surface area is 101 Å². The summed E-state index contributed by atoms with van der Waals surface area (Å²) in [4.78, 5) is 0. The normalized spacial score (nSPS) is 12.9. The van der Waals surface area contributed by atoms with Gasteiger partial charge in [0, 0.05) is 11.8 Å². The first-order valence-electron chi connectivity index (χ1n) is 5.76. The minimum atomic E-state index is -2.38. The Morgan fingerprint density at radius 3 is 2.53 bits per heavy atom. The fraction of sp³-hybridized carbons (Fsp3) is 0.538. The Balaban J connectivity index is 2.59. The molecule has 0 fully saturated rings. The zero-order chi connectivity index (χ0) is 12.8. The summed E-state index contributed by atoms with van der Waals surface area (Å²) in [5.41, 5.74) is 0.652. The summed E-state index contributed by atoms with van der Waals surface area (Å²) in [5, 5.41) is 2.74. The lowest BCUT2D eigenvalue weighted by Crippen LogP contribution is -2.23. The van der Waals surface area contributed by atoms with Gasteiger partial charge in [-0.3, -0.25) is 0 Å². The monoisotopic (exact) mass is 243 g/mol. The van der Waals surface area contributed by atoms with Gasteiger partial charge < -0.3 is 10.1 Å². The number of hydrogen-bond donors (Lipinski definition) is 1. The molecule has 0 saturated heterocycles. The third-order valence-electron chi connectivity index (χ3n) is 2.19. The van der Waals surface area contributed by atoms with Gasteiger partial charge in [0.05, 0.1) is 12.6 Å². The lowest BCUT2D eigenvalue weighted by atomic mass is 10.2. The van der Waals surface area contributed by atoms with Crippen molar-refractivity contribution in [2.75, 3.05) is 11.9 Å². The van der Waals surface area contributed by atoms with Crippen LogP contribution in [0.15, 0.2) is 24.3 Å². The van der Waals surface area contributed by atoms with Crippen molar-refractivity contribution < 1.29 is 13.5 Å². The van der Waals surface area contributed by atoms with Crippen LogP contribution in [0.1, 0.15) is 20.8 Å². The largest absolute Gasteiger partial charge is 0.493 e. The highest BCUT2D eigenvalue weighted by Crippen LogP contribution is 2.19. The Bertz CT molecular complexity index is 342. The van der Waals surface area contributed by atoms with Gasteiger partial charge in [0.15, 0.2) is 0 Å². The van der Waals surface area contributed by atoms with Crippen LogP contribution in [0.4, 0.5) is 14.5 Å². The van der Waals surface area contributed by atoms with Gasteiger partial charge in [0.1, 0.15) is 5.75 Å². The topological polar surface area (TPSA) is 21.3 Å². The molecule has 1 aromatic rings. The molecule has 17 heavy (non-hydrogen) atoms. The van der Waals surface area contributed by atoms with Gasteiger partial charge in [-0.25, -0.2) is 8.78 Å². The second kappa shape index (κ2) is 6.42. The summed E-state index contributed by atoms with van der Waals surface area (Å²) < 4.78 is 30.3. The number of hydrogen-bond acceptors (Lipinski definition) is 2. The van der Waals surface area contributed by atoms with Gasteiger partial charge in [-0.1, -0.05) is 19.9 Å². The van der Waals surface area contributed by atoms with Crippen molar-refractivity contribution in [3.63, 3.8) is 0 Å². The maximum absolute atomic E-state index is 12.4. The molecule has 1 rings (SSSR count). The molecular weight excluding hydrogens is 224 g/mol. The molecule has 4 heteroatoms. The van der Waals surface area contributed by atoms with Crippen LogP contribution in [0, 0.1) is 5.92 Å². The molecule has 0 radical (unpaired) electrons. The van der Waals surface area contributed by atoms with Crippen LogP contribution >= 0.6 is 0 Å². The number of rotatable bonds is 6. The van der Waals surface area contributed by atoms with Crippen molar-refractivity contribution in [3.05, 3.63) is 24.3 Å². The van der Waals surface area contributed by atoms with Crippen LogP contribution in [-0.2, 0) is 0 Å². The fourth-order valence-corrected chi connectivity index (χ4v) is 1.26. The SMILES string of the molecule is CC(C)COc1cccc(NC(C)C(F)F)c1. The van der Waals surface area contributed by atoms with E-state index in [1.165, 1.54) is 6.92 Å². The van der Waals surface area contributed by atoms with E-state index >= 15 is 0 Å². The lowest BCUT2D eigenvalue weighted by Gasteiger charge is -2.15. The maximum atomic E-state index is 12.4. The summed E-state index contributed by atoms with van der Waals surface area (Å²) >= 11 is 0. The van der Waals surface area contributed by atoms with Crippen LogP contribution in [-0.4, -0.2) is 19.1 Å². The number of alkyl halides is 2. The zero-order valence-electron chi connectivity index (χ0n) is 10.4. The third kappa shape index (κ3) is 5.02. The van der Waals surface area contributed by atoms with Crippen LogP contribution in [0.3, 0.4) is 0 Å². The fourth-order valence-electron chi connectivity index (χ4n) is 1.26. The molecule has 2 nitrogen and oxygen atoms in total. The summed E-state index contributed by atoms with van der Waals surface area (Å²) in [7, 11) is 0. The molecular formula is C13H19F2NO. The van der Waals surface area contributed by atoms with E-state index in [4.69, 9.17) is 4.74 Å². The molecule has 0 aliphatic heterocycles. The second-order valence-corrected chi connectivity index (χ2v) is 4.50. The standard InChI is InChI=1S/C13H19F2NO/c1-9(2)8-17-12-6-4-5-11(7-12)16-10(3)13(14)15/h4-7,9-10,13,16H,8H2,1-3H3. The second-order valence-electron chi connectivity index (χ2n) is 4.50. The summed E-state index contributed by atoms with van der Waals surface area (Å²) in [6, 6.07) is 6.23. The first-order chi connectivity index (χ1) is 7.99. The van der Waals surface area contributed by atoms with Crippen molar-refractivity contribution in [2.45, 2.75) is 33.2 Å². The molecule has 1 atom stereocenters. The molecule has 0 saturated carbocycles. The maximum Gasteiger partial charge on any atom is 0.258 e. The van der Waals surface area contributed by atoms with Crippen molar-refractivity contribution in [2.24, 2.45) is 5.92 Å². The van der Waals surface area contributed by atoms with Gasteiger partial charge in [0.2, 0.25) is 0 Å². The molecule has 0 aliphatic rings. The molecule has 0 aliphatic carbocycles. The van der Waals surface area contributed by atoms with Gasteiger partial charge in [0.25, 0.3) is 6.43 Å². The summed E-state index contributed by atoms with van der Waals surface area (Å²) in [6.45, 7) is 6.18. The number of benzene rings is 1. The minimum Gasteiger partial charge on any atom is -0.493 e. The van der Waals surface area contributed by atoms with E-state index in [1.54, 1.807) is 18.2 Å². The Morgan fingerprint density at radius 2 is 1.94 bits per heavy atom. The van der Waals surface area contributed by atoms with Crippen molar-refractivity contribution in [1.29, 1.82) is 0 Å². The van der Waals surface area contributed by atoms with E-state index in [0.29, 0.717) is 24.0 Å². The highest BCUT2D eigenvalue weighted by atomic mass is 19.3. The molecule has 1 aromatic carbocycles. The van der Waals surface area contributed by atoms with E-state index in [9.17, 15) is 8.78 Å². The summed E-state index contributed by atoms with van der Waals surface area (Å²) in [5.74, 6) is 1.14. The molecule has 96 valence electrons. The Kier molecular flexibility index (Phi) is 5.19. The first kappa shape index (κ1) is 13.7. The Morgan fingerprint density at radius 1 is 1.24 bits per heavy atom. The molecule has 1 unspecified atom stereocenters. The lowest BCUT2D eigenvalue weighted by molar-refractivity contribution is 0.130. The molecule has 1 N–H and O–H groups in total. The smallest absolute Gasteiger partial charge is 0.258 e. The number of ether oxygens (including phenoxy) is 1. The zero-order valence-corrected chi connectivity index (χ0v) is 10.4. The predicted octanol–water partition coefficient (Wildman–Crippen LogP) is 3.79. The predicted molar refractivity (Wildman–Crippen MR) is 65.9 cm³/mol. The number of nitrogens with one attached hydrogen (secondary N) is 1. The van der Waals surface area contributed by atoms with Crippen LogP contribution in [0.5, 0.6) is 5.75 Å². The van der Waals surface area contributed by atoms with Gasteiger partial charge in [-0.15, -0.1) is 0 Å². The molecule has 0 heterocycles. The summed E-state index contributed by atoms with van der Waals surface area (Å²) in [6.07, 6.45) is -2.38. The van der Waals surface area contributed by atoms with E-state index in [0.717, 1.165) is 0 Å². The average Bonchev–Trinajstić information content (AvgIpc) is 2.26. The highest BCUT2D eigenvalue weighted by molar-refractivity contribution is 5.48. The van der Waals surface area contributed by atoms with Crippen LogP contribution in [0.25, 0.3) is 0 Å². The van der Waals surface area contributed by atoms with Gasteiger partial charge in [-0.05, 0) is 25.0 Å².